The highest BCUT2D eigenvalue weighted by Crippen LogP contribution is 2.30. The van der Waals surface area contributed by atoms with E-state index >= 15 is 0 Å². The third kappa shape index (κ3) is 3.27. The molecule has 0 N–H and O–H groups in total. The normalized spacial score (nSPS) is 16.6. The van der Waals surface area contributed by atoms with Gasteiger partial charge in [0.25, 0.3) is 5.56 Å². The van der Waals surface area contributed by atoms with Crippen molar-refractivity contribution in [2.75, 3.05) is 6.61 Å². The van der Waals surface area contributed by atoms with Crippen molar-refractivity contribution in [1.29, 1.82) is 0 Å². The molecule has 0 saturated heterocycles. The molecular formula is C21H18N2O3S2. The van der Waals surface area contributed by atoms with Gasteiger partial charge in [0.2, 0.25) is 0 Å². The Morgan fingerprint density at radius 2 is 2.07 bits per heavy atom. The predicted octanol–water partition coefficient (Wildman–Crippen LogP) is 2.86. The number of hydrogen-bond donors (Lipinski definition) is 0. The lowest BCUT2D eigenvalue weighted by Crippen LogP contribution is -2.39. The van der Waals surface area contributed by atoms with E-state index in [2.05, 4.69) is 4.99 Å². The van der Waals surface area contributed by atoms with Crippen LogP contribution in [-0.2, 0) is 9.53 Å². The number of ether oxygens (including phenoxy) is 1. The maximum Gasteiger partial charge on any atom is 0.338 e. The van der Waals surface area contributed by atoms with Crippen LogP contribution in [0.5, 0.6) is 0 Å². The van der Waals surface area contributed by atoms with E-state index < -0.39 is 12.0 Å². The molecule has 5 nitrogen and oxygen atoms in total. The van der Waals surface area contributed by atoms with Crippen molar-refractivity contribution in [3.63, 3.8) is 0 Å². The quantitative estimate of drug-likeness (QED) is 0.622. The Labute approximate surface area is 169 Å². The summed E-state index contributed by atoms with van der Waals surface area (Å²) in [5.41, 5.74) is 2.66. The maximum atomic E-state index is 13.3. The molecule has 0 unspecified atom stereocenters. The second-order valence-corrected chi connectivity index (χ2v) is 8.06. The topological polar surface area (TPSA) is 60.7 Å². The summed E-state index contributed by atoms with van der Waals surface area (Å²) in [7, 11) is 0. The highest BCUT2D eigenvalue weighted by Gasteiger charge is 2.33. The van der Waals surface area contributed by atoms with Gasteiger partial charge in [-0.25, -0.2) is 9.79 Å². The molecule has 2 aromatic heterocycles. The van der Waals surface area contributed by atoms with Crippen molar-refractivity contribution in [3.05, 3.63) is 89.2 Å². The van der Waals surface area contributed by atoms with Crippen molar-refractivity contribution in [2.45, 2.75) is 19.9 Å². The minimum atomic E-state index is -0.555. The van der Waals surface area contributed by atoms with E-state index in [1.165, 1.54) is 11.3 Å². The highest BCUT2D eigenvalue weighted by molar-refractivity contribution is 7.08. The fourth-order valence-electron chi connectivity index (χ4n) is 3.25. The first kappa shape index (κ1) is 18.6. The molecule has 1 atom stereocenters. The first-order valence-corrected chi connectivity index (χ1v) is 10.6. The van der Waals surface area contributed by atoms with Crippen molar-refractivity contribution in [1.82, 2.24) is 4.57 Å². The molecule has 4 rings (SSSR count). The largest absolute Gasteiger partial charge is 0.463 e. The van der Waals surface area contributed by atoms with Crippen molar-refractivity contribution in [3.8, 4) is 0 Å². The van der Waals surface area contributed by atoms with Gasteiger partial charge in [-0.3, -0.25) is 9.36 Å². The maximum absolute atomic E-state index is 13.3. The van der Waals surface area contributed by atoms with Crippen molar-refractivity contribution < 1.29 is 9.53 Å². The monoisotopic (exact) mass is 410 g/mol. The van der Waals surface area contributed by atoms with E-state index in [0.717, 1.165) is 11.1 Å². The van der Waals surface area contributed by atoms with Crippen LogP contribution >= 0.6 is 22.7 Å². The number of allylic oxidation sites excluding steroid dienone is 1. The number of rotatable bonds is 4. The van der Waals surface area contributed by atoms with Gasteiger partial charge in [-0.05, 0) is 47.9 Å². The van der Waals surface area contributed by atoms with Crippen LogP contribution in [0.3, 0.4) is 0 Å². The number of fused-ring (bicyclic) bond motifs is 1. The van der Waals surface area contributed by atoms with Crippen LogP contribution in [0.1, 0.15) is 31.0 Å². The van der Waals surface area contributed by atoms with E-state index in [0.29, 0.717) is 20.6 Å². The molecule has 1 aliphatic heterocycles. The minimum Gasteiger partial charge on any atom is -0.463 e. The SMILES string of the molecule is CCOC(=O)C1=C(C)N=c2s/c(=C\c3ccsc3)c(=O)n2[C@@H]1c1ccccc1. The number of benzene rings is 1. The number of carbonyl (C=O) groups excluding carboxylic acids is 1. The molecular weight excluding hydrogens is 392 g/mol. The Bertz CT molecular complexity index is 1220. The third-order valence-electron chi connectivity index (χ3n) is 4.47. The zero-order chi connectivity index (χ0) is 19.7. The van der Waals surface area contributed by atoms with Gasteiger partial charge >= 0.3 is 5.97 Å². The van der Waals surface area contributed by atoms with Crippen LogP contribution in [0.25, 0.3) is 6.08 Å². The van der Waals surface area contributed by atoms with Crippen LogP contribution in [0, 0.1) is 0 Å². The molecule has 0 bridgehead atoms. The molecule has 142 valence electrons. The average Bonchev–Trinajstić information content (AvgIpc) is 3.30. The summed E-state index contributed by atoms with van der Waals surface area (Å²) in [4.78, 5) is 31.1. The summed E-state index contributed by atoms with van der Waals surface area (Å²) in [6.45, 7) is 3.82. The number of aromatic nitrogens is 1. The Kier molecular flexibility index (Phi) is 5.11. The second-order valence-electron chi connectivity index (χ2n) is 6.27. The van der Waals surface area contributed by atoms with Crippen LogP contribution < -0.4 is 14.9 Å². The molecule has 0 amide bonds. The van der Waals surface area contributed by atoms with Crippen molar-refractivity contribution >= 4 is 34.7 Å². The Morgan fingerprint density at radius 1 is 1.29 bits per heavy atom. The van der Waals surface area contributed by atoms with Gasteiger partial charge in [-0.1, -0.05) is 41.7 Å². The molecule has 0 radical (unpaired) electrons. The van der Waals surface area contributed by atoms with Gasteiger partial charge in [0, 0.05) is 0 Å². The fourth-order valence-corrected chi connectivity index (χ4v) is 4.92. The molecule has 3 aromatic rings. The molecule has 0 spiro atoms. The lowest BCUT2D eigenvalue weighted by Gasteiger charge is -2.24. The minimum absolute atomic E-state index is 0.155. The van der Waals surface area contributed by atoms with Gasteiger partial charge in [0.05, 0.1) is 28.5 Å². The number of hydrogen-bond acceptors (Lipinski definition) is 6. The molecule has 0 aliphatic carbocycles. The molecule has 1 aliphatic rings. The van der Waals surface area contributed by atoms with Gasteiger partial charge < -0.3 is 4.74 Å². The van der Waals surface area contributed by atoms with E-state index in [1.54, 1.807) is 29.8 Å². The number of carbonyl (C=O) groups is 1. The summed E-state index contributed by atoms with van der Waals surface area (Å²) in [6.07, 6.45) is 1.87. The molecule has 1 aromatic carbocycles. The zero-order valence-corrected chi connectivity index (χ0v) is 17.0. The smallest absolute Gasteiger partial charge is 0.338 e. The fraction of sp³-hybridized carbons (Fsp3) is 0.190. The first-order chi connectivity index (χ1) is 13.6. The van der Waals surface area contributed by atoms with Crippen LogP contribution in [0.15, 0.2) is 68.2 Å². The van der Waals surface area contributed by atoms with Gasteiger partial charge in [0.15, 0.2) is 4.80 Å². The Hall–Kier alpha value is -2.77. The van der Waals surface area contributed by atoms with Crippen LogP contribution in [0.4, 0.5) is 0 Å². The second kappa shape index (κ2) is 7.69. The van der Waals surface area contributed by atoms with E-state index in [4.69, 9.17) is 4.74 Å². The van der Waals surface area contributed by atoms with E-state index in [9.17, 15) is 9.59 Å². The lowest BCUT2D eigenvalue weighted by molar-refractivity contribution is -0.139. The molecule has 28 heavy (non-hydrogen) atoms. The number of thiophene rings is 1. The van der Waals surface area contributed by atoms with Gasteiger partial charge in [0.1, 0.15) is 0 Å². The van der Waals surface area contributed by atoms with Crippen LogP contribution in [-0.4, -0.2) is 17.1 Å². The number of thiazole rings is 1. The number of nitrogens with zero attached hydrogens (tertiary/aromatic N) is 2. The Balaban J connectivity index is 1.97. The van der Waals surface area contributed by atoms with Gasteiger partial charge in [-0.15, -0.1) is 0 Å². The highest BCUT2D eigenvalue weighted by atomic mass is 32.1. The summed E-state index contributed by atoms with van der Waals surface area (Å²) in [5.74, 6) is -0.440. The van der Waals surface area contributed by atoms with E-state index in [1.807, 2.05) is 53.2 Å². The number of esters is 1. The summed E-state index contributed by atoms with van der Waals surface area (Å²) in [6, 6.07) is 10.9. The standard InChI is InChI=1S/C21H18N2O3S2/c1-3-26-20(25)17-13(2)22-21-23(18(17)15-7-5-4-6-8-15)19(24)16(28-21)11-14-9-10-27-12-14/h4-12,18H,3H2,1-2H3/b16-11-/t18-/m1/s1. The molecule has 0 saturated carbocycles. The first-order valence-electron chi connectivity index (χ1n) is 8.87. The molecule has 0 fully saturated rings. The van der Waals surface area contributed by atoms with Crippen molar-refractivity contribution in [2.24, 2.45) is 4.99 Å². The average molecular weight is 411 g/mol. The molecule has 3 heterocycles. The summed E-state index contributed by atoms with van der Waals surface area (Å²) in [5, 5.41) is 3.96. The summed E-state index contributed by atoms with van der Waals surface area (Å²) >= 11 is 2.91. The third-order valence-corrected chi connectivity index (χ3v) is 6.16. The van der Waals surface area contributed by atoms with Gasteiger partial charge in [-0.2, -0.15) is 11.3 Å². The summed E-state index contributed by atoms with van der Waals surface area (Å²) < 4.78 is 7.48. The Morgan fingerprint density at radius 3 is 2.75 bits per heavy atom. The van der Waals surface area contributed by atoms with Crippen LogP contribution in [0.2, 0.25) is 0 Å². The molecule has 7 heteroatoms. The van der Waals surface area contributed by atoms with E-state index in [-0.39, 0.29) is 12.2 Å². The predicted molar refractivity (Wildman–Crippen MR) is 111 cm³/mol. The lowest BCUT2D eigenvalue weighted by atomic mass is 9.96. The zero-order valence-electron chi connectivity index (χ0n) is 15.4.